The summed E-state index contributed by atoms with van der Waals surface area (Å²) >= 11 is 5.32. The molecule has 0 spiro atoms. The van der Waals surface area contributed by atoms with Crippen LogP contribution in [0.2, 0.25) is 0 Å². The molecule has 1 aliphatic heterocycles. The lowest BCUT2D eigenvalue weighted by atomic mass is 9.89. The molecule has 2 aliphatic rings. The standard InChI is InChI=1S/C12H14ClNO6/c13-9(18)3-7-1-2-8(17)12(19)10(7)14-11(4-15,5-16)6-20-12/h1-2,14-16,19H,3-6H2. The van der Waals surface area contributed by atoms with Gasteiger partial charge in [-0.25, -0.2) is 0 Å². The summed E-state index contributed by atoms with van der Waals surface area (Å²) in [5, 5.41) is 31.0. The molecule has 0 bridgehead atoms. The normalized spacial score (nSPS) is 28.1. The zero-order chi connectivity index (χ0) is 15.0. The summed E-state index contributed by atoms with van der Waals surface area (Å²) in [6.45, 7) is -1.24. The van der Waals surface area contributed by atoms with Gasteiger partial charge in [-0.2, -0.15) is 0 Å². The van der Waals surface area contributed by atoms with Crippen LogP contribution in [-0.4, -0.2) is 57.5 Å². The van der Waals surface area contributed by atoms with Gasteiger partial charge in [0.1, 0.15) is 5.54 Å². The van der Waals surface area contributed by atoms with E-state index in [1.807, 2.05) is 0 Å². The number of carbonyl (C=O) groups excluding carboxylic acids is 2. The Balaban J connectivity index is 2.46. The Morgan fingerprint density at radius 1 is 1.40 bits per heavy atom. The predicted octanol–water partition coefficient (Wildman–Crippen LogP) is -1.43. The molecule has 7 nitrogen and oxygen atoms in total. The third-order valence-electron chi connectivity index (χ3n) is 3.31. The molecular weight excluding hydrogens is 290 g/mol. The minimum Gasteiger partial charge on any atom is -0.394 e. The number of fused-ring (bicyclic) bond motifs is 1. The highest BCUT2D eigenvalue weighted by atomic mass is 35.5. The van der Waals surface area contributed by atoms with Gasteiger partial charge in [-0.3, -0.25) is 9.59 Å². The zero-order valence-corrected chi connectivity index (χ0v) is 11.2. The van der Waals surface area contributed by atoms with Crippen LogP contribution >= 0.6 is 11.6 Å². The van der Waals surface area contributed by atoms with Gasteiger partial charge < -0.3 is 25.4 Å². The fourth-order valence-corrected chi connectivity index (χ4v) is 2.23. The third kappa shape index (κ3) is 2.38. The molecule has 110 valence electrons. The second-order valence-electron chi connectivity index (χ2n) is 4.78. The lowest BCUT2D eigenvalue weighted by Crippen LogP contribution is -2.67. The number of ether oxygens (including phenoxy) is 1. The Bertz CT molecular complexity index is 510. The van der Waals surface area contributed by atoms with E-state index in [1.165, 1.54) is 6.08 Å². The Hall–Kier alpha value is -1.25. The Morgan fingerprint density at radius 3 is 2.60 bits per heavy atom. The molecule has 2 rings (SSSR count). The molecule has 1 atom stereocenters. The van der Waals surface area contributed by atoms with Crippen LogP contribution in [0.1, 0.15) is 6.42 Å². The van der Waals surface area contributed by atoms with Crippen LogP contribution in [0.25, 0.3) is 0 Å². The van der Waals surface area contributed by atoms with Crippen molar-refractivity contribution in [3.05, 3.63) is 23.4 Å². The molecule has 1 heterocycles. The van der Waals surface area contributed by atoms with Gasteiger partial charge >= 0.3 is 0 Å². The molecular formula is C12H14ClNO6. The number of nitrogens with one attached hydrogen (secondary N) is 1. The summed E-state index contributed by atoms with van der Waals surface area (Å²) in [5.74, 6) is -2.96. The summed E-state index contributed by atoms with van der Waals surface area (Å²) in [4.78, 5) is 22.8. The molecule has 1 aliphatic carbocycles. The van der Waals surface area contributed by atoms with E-state index in [4.69, 9.17) is 16.3 Å². The maximum atomic E-state index is 11.8. The van der Waals surface area contributed by atoms with Gasteiger partial charge in [0.2, 0.25) is 11.0 Å². The van der Waals surface area contributed by atoms with E-state index in [0.29, 0.717) is 0 Å². The Morgan fingerprint density at radius 2 is 2.05 bits per heavy atom. The average molecular weight is 304 g/mol. The first kappa shape index (κ1) is 15.1. The topological polar surface area (TPSA) is 116 Å². The maximum Gasteiger partial charge on any atom is 0.273 e. The van der Waals surface area contributed by atoms with Crippen LogP contribution in [0.15, 0.2) is 23.4 Å². The number of ketones is 1. The molecule has 0 saturated carbocycles. The minimum atomic E-state index is -2.25. The Kier molecular flexibility index (Phi) is 3.99. The van der Waals surface area contributed by atoms with Gasteiger partial charge in [0.25, 0.3) is 5.79 Å². The molecule has 4 N–H and O–H groups in total. The van der Waals surface area contributed by atoms with E-state index in [2.05, 4.69) is 5.32 Å². The quantitative estimate of drug-likeness (QED) is 0.470. The van der Waals surface area contributed by atoms with Crippen molar-refractivity contribution in [1.29, 1.82) is 0 Å². The number of rotatable bonds is 4. The SMILES string of the molecule is O=C(Cl)CC1=C2NC(CO)(CO)COC2(O)C(=O)C=C1. The molecule has 1 unspecified atom stereocenters. The molecule has 0 aromatic carbocycles. The molecule has 1 fully saturated rings. The summed E-state index contributed by atoms with van der Waals surface area (Å²) in [6.07, 6.45) is 2.20. The molecule has 8 heteroatoms. The van der Waals surface area contributed by atoms with Crippen molar-refractivity contribution in [1.82, 2.24) is 5.32 Å². The lowest BCUT2D eigenvalue weighted by molar-refractivity contribution is -0.212. The highest BCUT2D eigenvalue weighted by Crippen LogP contribution is 2.34. The van der Waals surface area contributed by atoms with Crippen LogP contribution < -0.4 is 5.32 Å². The van der Waals surface area contributed by atoms with Gasteiger partial charge in [-0.05, 0) is 23.3 Å². The van der Waals surface area contributed by atoms with Crippen molar-refractivity contribution >= 4 is 22.6 Å². The van der Waals surface area contributed by atoms with Gasteiger partial charge in [-0.1, -0.05) is 6.08 Å². The summed E-state index contributed by atoms with van der Waals surface area (Å²) in [5.41, 5.74) is -1.06. The molecule has 1 saturated heterocycles. The molecule has 0 radical (unpaired) electrons. The van der Waals surface area contributed by atoms with Crippen molar-refractivity contribution in [2.24, 2.45) is 0 Å². The fraction of sp³-hybridized carbons (Fsp3) is 0.500. The van der Waals surface area contributed by atoms with Crippen LogP contribution in [0, 0.1) is 0 Å². The van der Waals surface area contributed by atoms with E-state index in [1.54, 1.807) is 0 Å². The van der Waals surface area contributed by atoms with Crippen molar-refractivity contribution < 1.29 is 29.6 Å². The minimum absolute atomic E-state index is 0.0756. The summed E-state index contributed by atoms with van der Waals surface area (Å²) in [6, 6.07) is 0. The number of aliphatic hydroxyl groups is 3. The number of halogens is 1. The maximum absolute atomic E-state index is 11.8. The molecule has 0 aromatic heterocycles. The second-order valence-corrected chi connectivity index (χ2v) is 5.21. The third-order valence-corrected chi connectivity index (χ3v) is 3.45. The first-order valence-electron chi connectivity index (χ1n) is 5.87. The number of aliphatic hydroxyl groups excluding tert-OH is 2. The summed E-state index contributed by atoms with van der Waals surface area (Å²) in [7, 11) is 0. The number of carbonyl (C=O) groups is 2. The highest BCUT2D eigenvalue weighted by molar-refractivity contribution is 6.63. The van der Waals surface area contributed by atoms with Gasteiger partial charge in [-0.15, -0.1) is 0 Å². The van der Waals surface area contributed by atoms with Crippen LogP contribution in [0.4, 0.5) is 0 Å². The van der Waals surface area contributed by atoms with Crippen LogP contribution in [-0.2, 0) is 14.3 Å². The zero-order valence-electron chi connectivity index (χ0n) is 10.4. The monoisotopic (exact) mass is 303 g/mol. The van der Waals surface area contributed by atoms with Crippen LogP contribution in [0.5, 0.6) is 0 Å². The number of allylic oxidation sites excluding steroid dienone is 2. The van der Waals surface area contributed by atoms with Crippen molar-refractivity contribution in [2.45, 2.75) is 17.7 Å². The first-order chi connectivity index (χ1) is 9.37. The predicted molar refractivity (Wildman–Crippen MR) is 67.6 cm³/mol. The molecule has 0 amide bonds. The van der Waals surface area contributed by atoms with E-state index in [-0.39, 0.29) is 24.3 Å². The first-order valence-corrected chi connectivity index (χ1v) is 6.25. The number of hydrogen-bond acceptors (Lipinski definition) is 7. The van der Waals surface area contributed by atoms with E-state index >= 15 is 0 Å². The molecule has 0 aromatic rings. The fourth-order valence-electron chi connectivity index (χ4n) is 2.08. The largest absolute Gasteiger partial charge is 0.394 e. The van der Waals surface area contributed by atoms with E-state index in [9.17, 15) is 24.9 Å². The second kappa shape index (κ2) is 5.27. The summed E-state index contributed by atoms with van der Waals surface area (Å²) < 4.78 is 5.15. The van der Waals surface area contributed by atoms with E-state index < -0.39 is 35.6 Å². The van der Waals surface area contributed by atoms with Crippen molar-refractivity contribution in [3.63, 3.8) is 0 Å². The van der Waals surface area contributed by atoms with Crippen molar-refractivity contribution in [2.75, 3.05) is 19.8 Å². The van der Waals surface area contributed by atoms with Crippen molar-refractivity contribution in [3.8, 4) is 0 Å². The van der Waals surface area contributed by atoms with Gasteiger partial charge in [0, 0.05) is 6.42 Å². The lowest BCUT2D eigenvalue weighted by Gasteiger charge is -2.45. The smallest absolute Gasteiger partial charge is 0.273 e. The Labute approximate surface area is 119 Å². The van der Waals surface area contributed by atoms with E-state index in [0.717, 1.165) is 6.08 Å². The van der Waals surface area contributed by atoms with Gasteiger partial charge in [0.15, 0.2) is 0 Å². The van der Waals surface area contributed by atoms with Gasteiger partial charge in [0.05, 0.1) is 25.5 Å². The average Bonchev–Trinajstić information content (AvgIpc) is 2.43. The highest BCUT2D eigenvalue weighted by Gasteiger charge is 2.51. The number of morpholine rings is 1. The number of hydrogen-bond donors (Lipinski definition) is 4. The van der Waals surface area contributed by atoms with Crippen LogP contribution in [0.3, 0.4) is 0 Å². The molecule has 20 heavy (non-hydrogen) atoms.